The first-order valence-corrected chi connectivity index (χ1v) is 16.3. The molecule has 2 atom stereocenters. The Labute approximate surface area is 280 Å². The topological polar surface area (TPSA) is 103 Å². The van der Waals surface area contributed by atoms with Crippen LogP contribution in [-0.2, 0) is 19.0 Å². The minimum Gasteiger partial charge on any atom is -0.465 e. The molecule has 2 heterocycles. The number of ether oxygens (including phenoxy) is 3. The zero-order chi connectivity index (χ0) is 33.7. The monoisotopic (exact) mass is 659 g/mol. The normalized spacial score (nSPS) is 21.1. The molecule has 0 radical (unpaired) electrons. The van der Waals surface area contributed by atoms with E-state index in [1.54, 1.807) is 36.1 Å². The van der Waals surface area contributed by atoms with Crippen molar-refractivity contribution >= 4 is 46.9 Å². The number of rotatable bonds is 10. The number of hydrogen-bond acceptors (Lipinski definition) is 8. The highest BCUT2D eigenvalue weighted by Gasteiger charge is 2.41. The summed E-state index contributed by atoms with van der Waals surface area (Å²) in [6.07, 6.45) is 2.76. The van der Waals surface area contributed by atoms with E-state index >= 15 is 0 Å². The molecule has 11 nitrogen and oxygen atoms in total. The fourth-order valence-electron chi connectivity index (χ4n) is 6.38. The smallest absolute Gasteiger partial charge is 0.465 e. The number of aromatic nitrogens is 3. The lowest BCUT2D eigenvalue weighted by Gasteiger charge is -2.36. The van der Waals surface area contributed by atoms with Crippen molar-refractivity contribution in [3.63, 3.8) is 0 Å². The van der Waals surface area contributed by atoms with Crippen LogP contribution in [0.3, 0.4) is 0 Å². The van der Waals surface area contributed by atoms with Gasteiger partial charge < -0.3 is 19.1 Å². The summed E-state index contributed by atoms with van der Waals surface area (Å²) >= 11 is 6.73. The molecule has 1 saturated carbocycles. The number of benzene rings is 2. The van der Waals surface area contributed by atoms with Gasteiger partial charge in [0.15, 0.2) is 5.69 Å². The summed E-state index contributed by atoms with van der Waals surface area (Å²) in [4.78, 5) is 36.4. The molecule has 0 spiro atoms. The van der Waals surface area contributed by atoms with E-state index in [1.165, 1.54) is 9.25 Å². The lowest BCUT2D eigenvalue weighted by Crippen LogP contribution is -2.45. The third-order valence-corrected chi connectivity index (χ3v) is 8.69. The molecular formula is C35H40ClN6O5+. The van der Waals surface area contributed by atoms with Crippen molar-refractivity contribution in [2.24, 2.45) is 22.7 Å². The molecule has 3 aromatic rings. The van der Waals surface area contributed by atoms with Crippen LogP contribution in [-0.4, -0.2) is 60.2 Å². The third-order valence-electron chi connectivity index (χ3n) is 8.39. The van der Waals surface area contributed by atoms with E-state index in [9.17, 15) is 9.59 Å². The molecule has 0 bridgehead atoms. The number of nitrogens with zero attached hydrogens (tertiary/aromatic N) is 6. The number of aliphatic imine (C=N–C) groups is 1. The van der Waals surface area contributed by atoms with Gasteiger partial charge in [0.2, 0.25) is 5.82 Å². The molecule has 1 aliphatic carbocycles. The van der Waals surface area contributed by atoms with Crippen molar-refractivity contribution in [3.05, 3.63) is 76.5 Å². The molecule has 1 aromatic heterocycles. The highest BCUT2D eigenvalue weighted by molar-refractivity contribution is 6.33. The molecule has 1 aliphatic heterocycles. The molecule has 0 N–H and O–H groups in total. The van der Waals surface area contributed by atoms with Gasteiger partial charge >= 0.3 is 12.1 Å². The fourth-order valence-corrected chi connectivity index (χ4v) is 6.60. The Hall–Kier alpha value is -4.53. The summed E-state index contributed by atoms with van der Waals surface area (Å²) < 4.78 is 19.8. The second-order valence-corrected chi connectivity index (χ2v) is 12.4. The van der Waals surface area contributed by atoms with Crippen molar-refractivity contribution in [1.82, 2.24) is 9.67 Å². The van der Waals surface area contributed by atoms with Crippen LogP contribution >= 0.6 is 11.6 Å². The Kier molecular flexibility index (Phi) is 10.7. The quantitative estimate of drug-likeness (QED) is 0.103. The molecule has 2 unspecified atom stereocenters. The lowest BCUT2D eigenvalue weighted by atomic mass is 9.75. The van der Waals surface area contributed by atoms with Crippen molar-refractivity contribution < 1.29 is 28.5 Å². The van der Waals surface area contributed by atoms with E-state index in [0.29, 0.717) is 41.1 Å². The molecule has 47 heavy (non-hydrogen) atoms. The highest BCUT2D eigenvalue weighted by atomic mass is 35.5. The summed E-state index contributed by atoms with van der Waals surface area (Å²) in [5.41, 5.74) is 1.92. The predicted molar refractivity (Wildman–Crippen MR) is 179 cm³/mol. The predicted octanol–water partition coefficient (Wildman–Crippen LogP) is 6.76. The van der Waals surface area contributed by atoms with E-state index < -0.39 is 6.09 Å². The molecule has 246 valence electrons. The van der Waals surface area contributed by atoms with Crippen LogP contribution in [0.25, 0.3) is 22.3 Å². The van der Waals surface area contributed by atoms with E-state index in [1.807, 2.05) is 37.3 Å². The van der Waals surface area contributed by atoms with Gasteiger partial charge in [-0.05, 0) is 74.8 Å². The van der Waals surface area contributed by atoms with E-state index in [-0.39, 0.29) is 60.3 Å². The SMILES string of the molecule is [C-]#[N+]C1=Cc2n(C(=O)OC3C(C)CC(C)CC3C)c(-c3ccccc3)n[n+]2C1=Nc1ccc(N(COCC)CC(=O)OCC)cc1Cl. The first kappa shape index (κ1) is 33.8. The molecule has 2 aromatic carbocycles. The van der Waals surface area contributed by atoms with Gasteiger partial charge in [-0.2, -0.15) is 0 Å². The second-order valence-electron chi connectivity index (χ2n) is 12.0. The number of allylic oxidation sites excluding steroid dienone is 1. The first-order valence-electron chi connectivity index (χ1n) is 15.9. The Bertz CT molecular complexity index is 1720. The Balaban J connectivity index is 1.53. The Morgan fingerprint density at radius 2 is 1.83 bits per heavy atom. The summed E-state index contributed by atoms with van der Waals surface area (Å²) in [6, 6.07) is 14.5. The van der Waals surface area contributed by atoms with Gasteiger partial charge in [0.25, 0.3) is 17.4 Å². The number of halogens is 1. The maximum atomic E-state index is 14.0. The van der Waals surface area contributed by atoms with Gasteiger partial charge in [0.05, 0.1) is 18.2 Å². The van der Waals surface area contributed by atoms with Crippen LogP contribution in [0, 0.1) is 24.3 Å². The molecule has 5 rings (SSSR count). The number of anilines is 1. The zero-order valence-corrected chi connectivity index (χ0v) is 28.1. The maximum absolute atomic E-state index is 14.0. The third kappa shape index (κ3) is 7.39. The average molecular weight is 660 g/mol. The molecule has 12 heteroatoms. The van der Waals surface area contributed by atoms with Crippen molar-refractivity contribution in [2.45, 2.75) is 53.6 Å². The van der Waals surface area contributed by atoms with Gasteiger partial charge in [-0.3, -0.25) is 4.79 Å². The first-order chi connectivity index (χ1) is 22.6. The number of carbonyl (C=O) groups excluding carboxylic acids is 2. The molecular weight excluding hydrogens is 620 g/mol. The summed E-state index contributed by atoms with van der Waals surface area (Å²) in [5.74, 6) is 1.54. The van der Waals surface area contributed by atoms with Crippen LogP contribution in [0.15, 0.2) is 59.2 Å². The van der Waals surface area contributed by atoms with E-state index in [0.717, 1.165) is 12.8 Å². The average Bonchev–Trinajstić information content (AvgIpc) is 3.58. The summed E-state index contributed by atoms with van der Waals surface area (Å²) in [7, 11) is 0. The van der Waals surface area contributed by atoms with Gasteiger partial charge in [0, 0.05) is 23.9 Å². The molecule has 1 fully saturated rings. The zero-order valence-electron chi connectivity index (χ0n) is 27.4. The molecule has 0 saturated heterocycles. The molecule has 2 aliphatic rings. The standard InChI is InChI=1S/C35H40ClN6O5/c1-7-45-21-40(20-31(43)46-8-2)26-14-15-28(27(36)18-26)38-34-29(37-6)19-30-41(33(39-42(30)34)25-12-10-9-11-13-25)35(44)47-32-23(4)16-22(3)17-24(32)5/h9-15,18-19,22-24,32H,7-8,16-17,20-21H2,1-5H3/q+1. The van der Waals surface area contributed by atoms with Gasteiger partial charge in [0.1, 0.15) is 19.4 Å². The number of carbonyl (C=O) groups is 2. The van der Waals surface area contributed by atoms with Crippen molar-refractivity contribution in [1.29, 1.82) is 0 Å². The summed E-state index contributed by atoms with van der Waals surface area (Å²) in [5, 5.41) is 5.08. The van der Waals surface area contributed by atoms with E-state index in [2.05, 4.69) is 25.6 Å². The Morgan fingerprint density at radius 1 is 1.11 bits per heavy atom. The number of esters is 1. The fraction of sp³-hybridized carbons (Fsp3) is 0.429. The maximum Gasteiger partial charge on any atom is 0.483 e. The minimum absolute atomic E-state index is 0.0188. The number of fused-ring (bicyclic) bond motifs is 1. The van der Waals surface area contributed by atoms with Crippen LogP contribution in [0.1, 0.15) is 53.3 Å². The highest BCUT2D eigenvalue weighted by Crippen LogP contribution is 2.36. The van der Waals surface area contributed by atoms with Crippen molar-refractivity contribution in [3.8, 4) is 11.4 Å². The summed E-state index contributed by atoms with van der Waals surface area (Å²) in [6.45, 7) is 18.9. The lowest BCUT2D eigenvalue weighted by molar-refractivity contribution is -0.616. The van der Waals surface area contributed by atoms with Gasteiger partial charge in [-0.25, -0.2) is 9.64 Å². The molecule has 0 amide bonds. The second kappa shape index (κ2) is 14.9. The van der Waals surface area contributed by atoms with Crippen molar-refractivity contribution in [2.75, 3.05) is 31.4 Å². The van der Waals surface area contributed by atoms with E-state index in [4.69, 9.17) is 42.5 Å². The van der Waals surface area contributed by atoms with Crippen LogP contribution in [0.2, 0.25) is 5.02 Å². The largest absolute Gasteiger partial charge is 0.483 e. The van der Waals surface area contributed by atoms with Crippen LogP contribution < -0.4 is 9.58 Å². The van der Waals surface area contributed by atoms with Crippen LogP contribution in [0.5, 0.6) is 0 Å². The minimum atomic E-state index is -0.552. The van der Waals surface area contributed by atoms with Gasteiger partial charge in [-0.1, -0.05) is 55.7 Å². The van der Waals surface area contributed by atoms with Crippen LogP contribution in [0.4, 0.5) is 16.2 Å². The number of hydrogen-bond donors (Lipinski definition) is 0. The van der Waals surface area contributed by atoms with Gasteiger partial charge in [-0.15, -0.1) is 14.2 Å². The Morgan fingerprint density at radius 3 is 2.47 bits per heavy atom.